The normalized spacial score (nSPS) is 10.1. The van der Waals surface area contributed by atoms with Gasteiger partial charge in [0.15, 0.2) is 5.82 Å². The summed E-state index contributed by atoms with van der Waals surface area (Å²) >= 11 is 0. The van der Waals surface area contributed by atoms with Crippen molar-refractivity contribution in [2.45, 2.75) is 12.8 Å². The van der Waals surface area contributed by atoms with Crippen molar-refractivity contribution in [1.82, 2.24) is 9.97 Å². The van der Waals surface area contributed by atoms with Crippen molar-refractivity contribution in [2.75, 3.05) is 17.2 Å². The Morgan fingerprint density at radius 2 is 1.93 bits per heavy atom. The zero-order valence-electron chi connectivity index (χ0n) is 15.1. The van der Waals surface area contributed by atoms with E-state index in [4.69, 9.17) is 15.9 Å². The largest absolute Gasteiger partial charge is 0.396 e. The first kappa shape index (κ1) is 18.9. The number of hydrogen-bond donors (Lipinski definition) is 4. The van der Waals surface area contributed by atoms with Crippen molar-refractivity contribution in [3.05, 3.63) is 65.9 Å². The molecule has 3 aromatic rings. The molecule has 3 rings (SSSR count). The summed E-state index contributed by atoms with van der Waals surface area (Å²) in [6, 6.07) is 16.8. The minimum Gasteiger partial charge on any atom is -0.396 e. The monoisotopic (exact) mass is 373 g/mol. The molecule has 8 heteroatoms. The summed E-state index contributed by atoms with van der Waals surface area (Å²) in [4.78, 5) is 8.60. The first-order chi connectivity index (χ1) is 13.7. The van der Waals surface area contributed by atoms with Crippen molar-refractivity contribution in [2.24, 2.45) is 5.11 Å². The third-order valence-corrected chi connectivity index (χ3v) is 3.97. The fraction of sp³-hybridized carbons (Fsp3) is 0.150. The van der Waals surface area contributed by atoms with E-state index in [1.807, 2.05) is 24.3 Å². The van der Waals surface area contributed by atoms with E-state index >= 15 is 0 Å². The first-order valence-corrected chi connectivity index (χ1v) is 8.70. The second-order valence-electron chi connectivity index (χ2n) is 6.01. The highest BCUT2D eigenvalue weighted by atomic mass is 16.2. The molecule has 4 N–H and O–H groups in total. The molecule has 0 saturated heterocycles. The molecular formula is C20H19N7O. The van der Waals surface area contributed by atoms with Crippen molar-refractivity contribution in [1.29, 1.82) is 10.8 Å². The van der Waals surface area contributed by atoms with Crippen LogP contribution < -0.4 is 10.6 Å². The molecule has 1 aromatic heterocycles. The highest BCUT2D eigenvalue weighted by Gasteiger charge is 2.08. The molecule has 0 spiro atoms. The number of aromatic nitrogens is 2. The quantitative estimate of drug-likeness (QED) is 0.432. The van der Waals surface area contributed by atoms with Crippen LogP contribution in [-0.2, 0) is 6.42 Å². The Kier molecular flexibility index (Phi) is 6.23. The average molecular weight is 373 g/mol. The molecule has 0 aliphatic carbocycles. The summed E-state index contributed by atoms with van der Waals surface area (Å²) in [5, 5.41) is 27.6. The van der Waals surface area contributed by atoms with Crippen LogP contribution in [0.25, 0.3) is 0 Å². The predicted octanol–water partition coefficient (Wildman–Crippen LogP) is 4.42. The van der Waals surface area contributed by atoms with E-state index in [-0.39, 0.29) is 6.61 Å². The zero-order chi connectivity index (χ0) is 19.8. The van der Waals surface area contributed by atoms with Crippen LogP contribution in [0.2, 0.25) is 0 Å². The van der Waals surface area contributed by atoms with Gasteiger partial charge in [-0.2, -0.15) is 15.4 Å². The lowest BCUT2D eigenvalue weighted by atomic mass is 10.1. The van der Waals surface area contributed by atoms with Crippen LogP contribution in [0.1, 0.15) is 17.5 Å². The van der Waals surface area contributed by atoms with Gasteiger partial charge in [-0.05, 0) is 54.8 Å². The molecule has 0 aliphatic rings. The van der Waals surface area contributed by atoms with Gasteiger partial charge in [0.05, 0.1) is 17.8 Å². The van der Waals surface area contributed by atoms with Crippen molar-refractivity contribution < 1.29 is 5.11 Å². The number of aliphatic hydroxyl groups excluding tert-OH is 1. The van der Waals surface area contributed by atoms with Gasteiger partial charge in [0.2, 0.25) is 5.95 Å². The third-order valence-electron chi connectivity index (χ3n) is 3.97. The van der Waals surface area contributed by atoms with Gasteiger partial charge in [0.25, 0.3) is 0 Å². The number of nitriles is 1. The number of nitrogens with one attached hydrogen (secondary N) is 3. The standard InChI is InChI=1S/C20H19N7O/c21-12-15-6-8-16(9-7-15)25-20-23-13-18(27-22)19(26-20)24-17-5-1-3-14(11-17)4-2-10-28/h1,3,5-9,11,13,22,28H,2,4,10H2,(H2,23,24,25,26). The average Bonchev–Trinajstić information content (AvgIpc) is 2.73. The minimum absolute atomic E-state index is 0.149. The lowest BCUT2D eigenvalue weighted by Gasteiger charge is -2.11. The van der Waals surface area contributed by atoms with Crippen LogP contribution in [0, 0.1) is 16.9 Å². The smallest absolute Gasteiger partial charge is 0.229 e. The lowest BCUT2D eigenvalue weighted by Crippen LogP contribution is -2.01. The number of anilines is 4. The van der Waals surface area contributed by atoms with E-state index in [9.17, 15) is 0 Å². The molecule has 2 aromatic carbocycles. The fourth-order valence-electron chi connectivity index (χ4n) is 2.59. The van der Waals surface area contributed by atoms with Crippen LogP contribution in [0.4, 0.5) is 28.8 Å². The molecule has 140 valence electrons. The van der Waals surface area contributed by atoms with Gasteiger partial charge in [-0.15, -0.1) is 0 Å². The number of aliphatic hydroxyl groups is 1. The Bertz CT molecular complexity index is 996. The van der Waals surface area contributed by atoms with Gasteiger partial charge in [-0.25, -0.2) is 10.5 Å². The van der Waals surface area contributed by atoms with E-state index in [1.165, 1.54) is 6.20 Å². The van der Waals surface area contributed by atoms with Gasteiger partial charge in [0.1, 0.15) is 5.69 Å². The second-order valence-corrected chi connectivity index (χ2v) is 6.01. The van der Waals surface area contributed by atoms with Crippen LogP contribution in [-0.4, -0.2) is 21.7 Å². The molecule has 0 amide bonds. The van der Waals surface area contributed by atoms with Gasteiger partial charge in [-0.3, -0.25) is 0 Å². The summed E-state index contributed by atoms with van der Waals surface area (Å²) in [5.41, 5.74) is 10.9. The summed E-state index contributed by atoms with van der Waals surface area (Å²) in [6.07, 6.45) is 2.93. The van der Waals surface area contributed by atoms with Crippen molar-refractivity contribution >= 4 is 28.8 Å². The Morgan fingerprint density at radius 1 is 1.11 bits per heavy atom. The molecule has 8 nitrogen and oxygen atoms in total. The Labute approximate surface area is 162 Å². The van der Waals surface area contributed by atoms with Crippen LogP contribution in [0.3, 0.4) is 0 Å². The number of nitrogens with zero attached hydrogens (tertiary/aromatic N) is 4. The minimum atomic E-state index is 0.149. The maximum Gasteiger partial charge on any atom is 0.229 e. The maximum atomic E-state index is 8.99. The summed E-state index contributed by atoms with van der Waals surface area (Å²) in [6.45, 7) is 0.149. The highest BCUT2D eigenvalue weighted by Crippen LogP contribution is 2.27. The molecular weight excluding hydrogens is 354 g/mol. The summed E-state index contributed by atoms with van der Waals surface area (Å²) in [5.74, 6) is 0.747. The molecule has 0 unspecified atom stereocenters. The van der Waals surface area contributed by atoms with Crippen LogP contribution in [0.15, 0.2) is 59.8 Å². The van der Waals surface area contributed by atoms with Gasteiger partial charge in [-0.1, -0.05) is 12.1 Å². The summed E-state index contributed by atoms with van der Waals surface area (Å²) < 4.78 is 0. The Hall–Kier alpha value is -3.83. The Balaban J connectivity index is 1.81. The topological polar surface area (TPSA) is 130 Å². The second kappa shape index (κ2) is 9.21. The fourth-order valence-corrected chi connectivity index (χ4v) is 2.59. The molecule has 28 heavy (non-hydrogen) atoms. The van der Waals surface area contributed by atoms with E-state index < -0.39 is 0 Å². The van der Waals surface area contributed by atoms with Crippen LogP contribution >= 0.6 is 0 Å². The number of hydrogen-bond acceptors (Lipinski definition) is 8. The van der Waals surface area contributed by atoms with Gasteiger partial charge >= 0.3 is 0 Å². The molecule has 1 heterocycles. The number of rotatable bonds is 8. The SMILES string of the molecule is N#Cc1ccc(Nc2ncc(N=N)c(Nc3cccc(CCCO)c3)n2)cc1. The molecule has 0 saturated carbocycles. The van der Waals surface area contributed by atoms with E-state index in [0.29, 0.717) is 29.4 Å². The van der Waals surface area contributed by atoms with E-state index in [2.05, 4.69) is 31.8 Å². The lowest BCUT2D eigenvalue weighted by molar-refractivity contribution is 0.288. The third kappa shape index (κ3) is 4.87. The maximum absolute atomic E-state index is 8.99. The van der Waals surface area contributed by atoms with Crippen molar-refractivity contribution in [3.63, 3.8) is 0 Å². The van der Waals surface area contributed by atoms with Gasteiger partial charge in [0, 0.05) is 18.0 Å². The van der Waals surface area contributed by atoms with E-state index in [0.717, 1.165) is 23.4 Å². The molecule has 0 atom stereocenters. The van der Waals surface area contributed by atoms with Gasteiger partial charge < -0.3 is 15.7 Å². The Morgan fingerprint density at radius 3 is 2.64 bits per heavy atom. The van der Waals surface area contributed by atoms with Crippen molar-refractivity contribution in [3.8, 4) is 6.07 Å². The summed E-state index contributed by atoms with van der Waals surface area (Å²) in [7, 11) is 0. The molecule has 0 radical (unpaired) electrons. The van der Waals surface area contributed by atoms with E-state index in [1.54, 1.807) is 24.3 Å². The van der Waals surface area contributed by atoms with Crippen LogP contribution in [0.5, 0.6) is 0 Å². The zero-order valence-corrected chi connectivity index (χ0v) is 15.1. The highest BCUT2D eigenvalue weighted by molar-refractivity contribution is 5.69. The molecule has 0 aliphatic heterocycles. The number of benzene rings is 2. The first-order valence-electron chi connectivity index (χ1n) is 8.70. The molecule has 0 fully saturated rings. The molecule has 0 bridgehead atoms. The number of aryl methyl sites for hydroxylation is 1. The predicted molar refractivity (Wildman–Crippen MR) is 106 cm³/mol.